The third-order valence-corrected chi connectivity index (χ3v) is 4.37. The first-order chi connectivity index (χ1) is 15.5. The van der Waals surface area contributed by atoms with Crippen LogP contribution in [-0.4, -0.2) is 48.3 Å². The quantitative estimate of drug-likeness (QED) is 0.363. The number of rotatable bonds is 10. The number of amides is 2. The van der Waals surface area contributed by atoms with Gasteiger partial charge in [-0.1, -0.05) is 6.07 Å². The fourth-order valence-corrected chi connectivity index (χ4v) is 2.76. The molecule has 0 unspecified atom stereocenters. The van der Waals surface area contributed by atoms with Crippen LogP contribution in [0.1, 0.15) is 20.7 Å². The van der Waals surface area contributed by atoms with Crippen molar-refractivity contribution >= 4 is 11.8 Å². The average molecular weight is 436 g/mol. The highest BCUT2D eigenvalue weighted by Crippen LogP contribution is 2.16. The molecule has 8 heteroatoms. The Bertz CT molecular complexity index is 954. The van der Waals surface area contributed by atoms with Crippen molar-refractivity contribution in [3.63, 3.8) is 0 Å². The fourth-order valence-electron chi connectivity index (χ4n) is 2.76. The number of hydrogen-bond acceptors (Lipinski definition) is 6. The van der Waals surface area contributed by atoms with Gasteiger partial charge in [0, 0.05) is 11.1 Å². The summed E-state index contributed by atoms with van der Waals surface area (Å²) in [6.07, 6.45) is 0. The van der Waals surface area contributed by atoms with Crippen LogP contribution in [0.15, 0.2) is 72.8 Å². The van der Waals surface area contributed by atoms with Crippen molar-refractivity contribution in [2.75, 3.05) is 26.3 Å². The lowest BCUT2D eigenvalue weighted by atomic mass is 10.1. The molecule has 0 bridgehead atoms. The minimum absolute atomic E-state index is 0.152. The predicted molar refractivity (Wildman–Crippen MR) is 118 cm³/mol. The first-order valence-electron chi connectivity index (χ1n) is 10.0. The molecule has 4 N–H and O–H groups in total. The van der Waals surface area contributed by atoms with Crippen LogP contribution in [0.5, 0.6) is 23.0 Å². The van der Waals surface area contributed by atoms with Crippen LogP contribution in [0.2, 0.25) is 0 Å². The summed E-state index contributed by atoms with van der Waals surface area (Å²) in [4.78, 5) is 24.7. The highest BCUT2D eigenvalue weighted by Gasteiger charge is 2.10. The van der Waals surface area contributed by atoms with Crippen LogP contribution in [0.3, 0.4) is 0 Å². The summed E-state index contributed by atoms with van der Waals surface area (Å²) < 4.78 is 11.0. The van der Waals surface area contributed by atoms with Crippen LogP contribution >= 0.6 is 0 Å². The average Bonchev–Trinajstić information content (AvgIpc) is 2.81. The number of phenols is 2. The summed E-state index contributed by atoms with van der Waals surface area (Å²) in [6.45, 7) is 1.09. The Morgan fingerprint density at radius 2 is 1.06 bits per heavy atom. The Morgan fingerprint density at radius 1 is 0.656 bits per heavy atom. The molecule has 8 nitrogen and oxygen atoms in total. The lowest BCUT2D eigenvalue weighted by Crippen LogP contribution is -2.30. The monoisotopic (exact) mass is 436 g/mol. The Kier molecular flexibility index (Phi) is 7.91. The summed E-state index contributed by atoms with van der Waals surface area (Å²) in [6, 6.07) is 19.0. The van der Waals surface area contributed by atoms with Gasteiger partial charge in [0.25, 0.3) is 11.8 Å². The van der Waals surface area contributed by atoms with E-state index in [4.69, 9.17) is 9.47 Å². The molecule has 3 rings (SSSR count). The van der Waals surface area contributed by atoms with Crippen molar-refractivity contribution in [2.45, 2.75) is 0 Å². The third kappa shape index (κ3) is 6.94. The molecule has 0 aromatic heterocycles. The predicted octanol–water partition coefficient (Wildman–Crippen LogP) is 2.72. The maximum absolute atomic E-state index is 12.3. The molecule has 0 fully saturated rings. The molecule has 0 atom stereocenters. The van der Waals surface area contributed by atoms with Gasteiger partial charge in [-0.2, -0.15) is 0 Å². The molecule has 0 aliphatic rings. The van der Waals surface area contributed by atoms with E-state index < -0.39 is 0 Å². The molecule has 2 amide bonds. The number of carbonyl (C=O) groups excluding carboxylic acids is 2. The van der Waals surface area contributed by atoms with Crippen LogP contribution in [0, 0.1) is 0 Å². The fraction of sp³-hybridized carbons (Fsp3) is 0.167. The molecule has 166 valence electrons. The SMILES string of the molecule is O=C(NCCOc1ccc(O)cc1)c1cccc(C(=O)NCCOc2ccc(O)cc2)c1. The number of nitrogens with one attached hydrogen (secondary N) is 2. The van der Waals surface area contributed by atoms with Gasteiger partial charge >= 0.3 is 0 Å². The van der Waals surface area contributed by atoms with Gasteiger partial charge < -0.3 is 30.3 Å². The van der Waals surface area contributed by atoms with Crippen LogP contribution < -0.4 is 20.1 Å². The number of aromatic hydroxyl groups is 2. The molecule has 0 saturated carbocycles. The summed E-state index contributed by atoms with van der Waals surface area (Å²) in [7, 11) is 0. The van der Waals surface area contributed by atoms with Gasteiger partial charge in [-0.15, -0.1) is 0 Å². The maximum Gasteiger partial charge on any atom is 0.251 e. The zero-order chi connectivity index (χ0) is 22.8. The van der Waals surface area contributed by atoms with Crippen LogP contribution in [0.4, 0.5) is 0 Å². The summed E-state index contributed by atoms with van der Waals surface area (Å²) in [5.74, 6) is 0.850. The van der Waals surface area contributed by atoms with E-state index in [1.54, 1.807) is 42.5 Å². The Morgan fingerprint density at radius 3 is 1.47 bits per heavy atom. The van der Waals surface area contributed by atoms with Gasteiger partial charge in [0.05, 0.1) is 13.1 Å². The summed E-state index contributed by atoms with van der Waals surface area (Å²) >= 11 is 0. The maximum atomic E-state index is 12.3. The molecule has 0 spiro atoms. The third-order valence-electron chi connectivity index (χ3n) is 4.37. The topological polar surface area (TPSA) is 117 Å². The standard InChI is InChI=1S/C24H24N2O6/c27-19-4-8-21(9-5-19)31-14-12-25-23(29)17-2-1-3-18(16-17)24(30)26-13-15-32-22-10-6-20(28)7-11-22/h1-11,16,27-28H,12-15H2,(H,25,29)(H,26,30). The van der Waals surface area contributed by atoms with Crippen molar-refractivity contribution in [3.8, 4) is 23.0 Å². The molecule has 0 heterocycles. The number of benzene rings is 3. The number of carbonyl (C=O) groups is 2. The molecule has 0 aliphatic heterocycles. The van der Waals surface area contributed by atoms with Crippen molar-refractivity contribution in [1.82, 2.24) is 10.6 Å². The van der Waals surface area contributed by atoms with Crippen molar-refractivity contribution in [2.24, 2.45) is 0 Å². The minimum Gasteiger partial charge on any atom is -0.508 e. The van der Waals surface area contributed by atoms with E-state index in [1.807, 2.05) is 0 Å². The Labute approximate surface area is 185 Å². The zero-order valence-corrected chi connectivity index (χ0v) is 17.3. The van der Waals surface area contributed by atoms with Crippen molar-refractivity contribution in [3.05, 3.63) is 83.9 Å². The zero-order valence-electron chi connectivity index (χ0n) is 17.3. The lowest BCUT2D eigenvalue weighted by Gasteiger charge is -2.10. The smallest absolute Gasteiger partial charge is 0.251 e. The second-order valence-electron chi connectivity index (χ2n) is 6.78. The van der Waals surface area contributed by atoms with E-state index in [2.05, 4.69) is 10.6 Å². The van der Waals surface area contributed by atoms with Gasteiger partial charge in [0.1, 0.15) is 36.2 Å². The Hall–Kier alpha value is -4.20. The largest absolute Gasteiger partial charge is 0.508 e. The second kappa shape index (κ2) is 11.3. The molecular weight excluding hydrogens is 412 g/mol. The van der Waals surface area contributed by atoms with E-state index in [1.165, 1.54) is 30.3 Å². The molecule has 3 aromatic carbocycles. The normalized spacial score (nSPS) is 10.2. The van der Waals surface area contributed by atoms with E-state index in [0.717, 1.165) is 0 Å². The first kappa shape index (κ1) is 22.5. The highest BCUT2D eigenvalue weighted by molar-refractivity contribution is 5.99. The highest BCUT2D eigenvalue weighted by atomic mass is 16.5. The molecule has 0 saturated heterocycles. The molecular formula is C24H24N2O6. The van der Waals surface area contributed by atoms with E-state index in [-0.39, 0.29) is 49.6 Å². The minimum atomic E-state index is -0.315. The van der Waals surface area contributed by atoms with Gasteiger partial charge in [-0.3, -0.25) is 9.59 Å². The van der Waals surface area contributed by atoms with Gasteiger partial charge in [0.15, 0.2) is 0 Å². The van der Waals surface area contributed by atoms with Crippen molar-refractivity contribution < 1.29 is 29.3 Å². The van der Waals surface area contributed by atoms with Crippen LogP contribution in [-0.2, 0) is 0 Å². The van der Waals surface area contributed by atoms with Gasteiger partial charge in [-0.25, -0.2) is 0 Å². The Balaban J connectivity index is 1.40. The number of hydrogen-bond donors (Lipinski definition) is 4. The molecule has 0 aliphatic carbocycles. The van der Waals surface area contributed by atoms with Crippen molar-refractivity contribution in [1.29, 1.82) is 0 Å². The molecule has 3 aromatic rings. The number of ether oxygens (including phenoxy) is 2. The van der Waals surface area contributed by atoms with Crippen LogP contribution in [0.25, 0.3) is 0 Å². The van der Waals surface area contributed by atoms with E-state index in [0.29, 0.717) is 22.6 Å². The summed E-state index contributed by atoms with van der Waals surface area (Å²) in [5, 5.41) is 24.0. The number of phenolic OH excluding ortho intramolecular Hbond substituents is 2. The van der Waals surface area contributed by atoms with Gasteiger partial charge in [-0.05, 0) is 66.7 Å². The first-order valence-corrected chi connectivity index (χ1v) is 10.0. The van der Waals surface area contributed by atoms with Gasteiger partial charge in [0.2, 0.25) is 0 Å². The summed E-state index contributed by atoms with van der Waals surface area (Å²) in [5.41, 5.74) is 0.727. The second-order valence-corrected chi connectivity index (χ2v) is 6.78. The molecule has 32 heavy (non-hydrogen) atoms. The molecule has 0 radical (unpaired) electrons. The van der Waals surface area contributed by atoms with E-state index in [9.17, 15) is 19.8 Å². The lowest BCUT2D eigenvalue weighted by molar-refractivity contribution is 0.0946. The van der Waals surface area contributed by atoms with E-state index >= 15 is 0 Å².